The highest BCUT2D eigenvalue weighted by atomic mass is 32.2. The Hall–Kier alpha value is -1.000. The van der Waals surface area contributed by atoms with Crippen molar-refractivity contribution in [1.82, 2.24) is 0 Å². The fraction of sp³-hybridized carbons (Fsp3) is 0.462. The molecular formula is C13H18N2OS. The Morgan fingerprint density at radius 2 is 2.24 bits per heavy atom. The largest absolute Gasteiger partial charge is 0.330 e. The van der Waals surface area contributed by atoms with Gasteiger partial charge in [0.05, 0.1) is 11.4 Å². The molecule has 0 bridgehead atoms. The molecule has 1 amide bonds. The minimum Gasteiger partial charge on any atom is -0.330 e. The second-order valence-electron chi connectivity index (χ2n) is 4.97. The van der Waals surface area contributed by atoms with E-state index >= 15 is 0 Å². The molecule has 2 rings (SSSR count). The number of carbonyl (C=O) groups excluding carboxylic acids is 1. The van der Waals surface area contributed by atoms with E-state index in [2.05, 4.69) is 37.4 Å². The molecule has 1 aromatic carbocycles. The second kappa shape index (κ2) is 4.70. The molecule has 0 aromatic heterocycles. The van der Waals surface area contributed by atoms with Crippen molar-refractivity contribution in [1.29, 1.82) is 0 Å². The minimum atomic E-state index is 0.0522. The van der Waals surface area contributed by atoms with Crippen LogP contribution in [0, 0.1) is 0 Å². The molecule has 0 unspecified atom stereocenters. The summed E-state index contributed by atoms with van der Waals surface area (Å²) in [5.74, 6) is 0.592. The minimum absolute atomic E-state index is 0.0522. The van der Waals surface area contributed by atoms with Crippen LogP contribution in [0.3, 0.4) is 0 Å². The average Bonchev–Trinajstić information content (AvgIpc) is 2.28. The molecule has 1 heterocycles. The summed E-state index contributed by atoms with van der Waals surface area (Å²) < 4.78 is 0. The highest BCUT2D eigenvalue weighted by Gasteiger charge is 2.22. The number of benzene rings is 1. The van der Waals surface area contributed by atoms with Crippen molar-refractivity contribution in [2.24, 2.45) is 5.73 Å². The van der Waals surface area contributed by atoms with Gasteiger partial charge in [-0.2, -0.15) is 0 Å². The molecular weight excluding hydrogens is 232 g/mol. The number of thioether (sulfide) groups is 1. The van der Waals surface area contributed by atoms with Crippen molar-refractivity contribution in [2.75, 3.05) is 17.6 Å². The molecule has 4 heteroatoms. The SMILES string of the molecule is CC(C)(CCN)c1ccc2c(c1)NC(=O)CS2. The molecule has 0 fully saturated rings. The number of hydrogen-bond donors (Lipinski definition) is 2. The van der Waals surface area contributed by atoms with Crippen molar-refractivity contribution >= 4 is 23.4 Å². The maximum Gasteiger partial charge on any atom is 0.234 e. The Bertz CT molecular complexity index is 443. The van der Waals surface area contributed by atoms with Crippen LogP contribution in [-0.4, -0.2) is 18.2 Å². The molecule has 92 valence electrons. The maximum absolute atomic E-state index is 11.4. The molecule has 3 N–H and O–H groups in total. The zero-order chi connectivity index (χ0) is 12.5. The Morgan fingerprint density at radius 1 is 1.47 bits per heavy atom. The Morgan fingerprint density at radius 3 is 2.94 bits per heavy atom. The van der Waals surface area contributed by atoms with Gasteiger partial charge in [-0.25, -0.2) is 0 Å². The summed E-state index contributed by atoms with van der Waals surface area (Å²) in [4.78, 5) is 12.5. The van der Waals surface area contributed by atoms with Crippen LogP contribution in [-0.2, 0) is 10.2 Å². The number of fused-ring (bicyclic) bond motifs is 1. The molecule has 1 aromatic rings. The number of nitrogens with two attached hydrogens (primary N) is 1. The Labute approximate surface area is 106 Å². The fourth-order valence-electron chi connectivity index (χ4n) is 2.01. The lowest BCUT2D eigenvalue weighted by Crippen LogP contribution is -2.23. The molecule has 1 aliphatic rings. The Balaban J connectivity index is 2.32. The van der Waals surface area contributed by atoms with E-state index in [-0.39, 0.29) is 11.3 Å². The van der Waals surface area contributed by atoms with Crippen LogP contribution in [0.1, 0.15) is 25.8 Å². The number of anilines is 1. The van der Waals surface area contributed by atoms with Crippen LogP contribution < -0.4 is 11.1 Å². The van der Waals surface area contributed by atoms with E-state index in [1.165, 1.54) is 5.56 Å². The third-order valence-electron chi connectivity index (χ3n) is 3.16. The first-order chi connectivity index (χ1) is 8.03. The summed E-state index contributed by atoms with van der Waals surface area (Å²) in [7, 11) is 0. The topological polar surface area (TPSA) is 55.1 Å². The van der Waals surface area contributed by atoms with Gasteiger partial charge in [0, 0.05) is 4.90 Å². The average molecular weight is 250 g/mol. The van der Waals surface area contributed by atoms with Crippen molar-refractivity contribution in [3.05, 3.63) is 23.8 Å². The van der Waals surface area contributed by atoms with Crippen molar-refractivity contribution in [2.45, 2.75) is 30.6 Å². The van der Waals surface area contributed by atoms with Gasteiger partial charge in [0.15, 0.2) is 0 Å². The molecule has 1 aliphatic heterocycles. The van der Waals surface area contributed by atoms with E-state index in [9.17, 15) is 4.79 Å². The van der Waals surface area contributed by atoms with Gasteiger partial charge in [0.25, 0.3) is 0 Å². The lowest BCUT2D eigenvalue weighted by atomic mass is 9.81. The van der Waals surface area contributed by atoms with Crippen molar-refractivity contribution in [3.63, 3.8) is 0 Å². The highest BCUT2D eigenvalue weighted by molar-refractivity contribution is 8.00. The zero-order valence-electron chi connectivity index (χ0n) is 10.2. The zero-order valence-corrected chi connectivity index (χ0v) is 11.1. The van der Waals surface area contributed by atoms with Gasteiger partial charge in [0.2, 0.25) is 5.91 Å². The van der Waals surface area contributed by atoms with Crippen LogP contribution in [0.25, 0.3) is 0 Å². The van der Waals surface area contributed by atoms with Gasteiger partial charge in [-0.05, 0) is 36.1 Å². The first kappa shape index (κ1) is 12.5. The molecule has 17 heavy (non-hydrogen) atoms. The van der Waals surface area contributed by atoms with Gasteiger partial charge in [-0.1, -0.05) is 19.9 Å². The number of amides is 1. The van der Waals surface area contributed by atoms with Gasteiger partial charge in [0.1, 0.15) is 0 Å². The lowest BCUT2D eigenvalue weighted by Gasteiger charge is -2.27. The highest BCUT2D eigenvalue weighted by Crippen LogP contribution is 2.36. The summed E-state index contributed by atoms with van der Waals surface area (Å²) in [6.45, 7) is 5.03. The molecule has 0 radical (unpaired) electrons. The van der Waals surface area contributed by atoms with Crippen molar-refractivity contribution < 1.29 is 4.79 Å². The first-order valence-corrected chi connectivity index (χ1v) is 6.79. The van der Waals surface area contributed by atoms with Crippen molar-refractivity contribution in [3.8, 4) is 0 Å². The monoisotopic (exact) mass is 250 g/mol. The van der Waals surface area contributed by atoms with Crippen LogP contribution in [0.5, 0.6) is 0 Å². The van der Waals surface area contributed by atoms with Crippen LogP contribution in [0.2, 0.25) is 0 Å². The second-order valence-corrected chi connectivity index (χ2v) is 5.99. The van der Waals surface area contributed by atoms with Crippen LogP contribution >= 0.6 is 11.8 Å². The number of hydrogen-bond acceptors (Lipinski definition) is 3. The summed E-state index contributed by atoms with van der Waals surface area (Å²) in [5.41, 5.74) is 7.86. The molecule has 0 spiro atoms. The lowest BCUT2D eigenvalue weighted by molar-refractivity contribution is -0.113. The third kappa shape index (κ3) is 2.64. The smallest absolute Gasteiger partial charge is 0.234 e. The fourth-order valence-corrected chi connectivity index (χ4v) is 2.80. The predicted octanol–water partition coefficient (Wildman–Crippen LogP) is 2.36. The number of carbonyl (C=O) groups is 1. The van der Waals surface area contributed by atoms with E-state index in [1.54, 1.807) is 11.8 Å². The molecule has 0 aliphatic carbocycles. The predicted molar refractivity (Wildman–Crippen MR) is 72.5 cm³/mol. The maximum atomic E-state index is 11.4. The summed E-state index contributed by atoms with van der Waals surface area (Å²) >= 11 is 1.59. The molecule has 0 saturated heterocycles. The van der Waals surface area contributed by atoms with Gasteiger partial charge >= 0.3 is 0 Å². The van der Waals surface area contributed by atoms with Gasteiger partial charge < -0.3 is 11.1 Å². The quantitative estimate of drug-likeness (QED) is 0.866. The van der Waals surface area contributed by atoms with E-state index in [4.69, 9.17) is 5.73 Å². The summed E-state index contributed by atoms with van der Waals surface area (Å²) in [6, 6.07) is 6.31. The normalized spacial score (nSPS) is 15.4. The summed E-state index contributed by atoms with van der Waals surface area (Å²) in [5, 5.41) is 2.92. The van der Waals surface area contributed by atoms with Gasteiger partial charge in [-0.3, -0.25) is 4.79 Å². The van der Waals surface area contributed by atoms with Crippen LogP contribution in [0.15, 0.2) is 23.1 Å². The number of rotatable bonds is 3. The summed E-state index contributed by atoms with van der Waals surface area (Å²) in [6.07, 6.45) is 0.937. The third-order valence-corrected chi connectivity index (χ3v) is 4.24. The van der Waals surface area contributed by atoms with E-state index in [0.29, 0.717) is 12.3 Å². The van der Waals surface area contributed by atoms with E-state index in [1.807, 2.05) is 0 Å². The number of nitrogens with one attached hydrogen (secondary N) is 1. The van der Waals surface area contributed by atoms with Gasteiger partial charge in [-0.15, -0.1) is 11.8 Å². The van der Waals surface area contributed by atoms with E-state index < -0.39 is 0 Å². The molecule has 3 nitrogen and oxygen atoms in total. The first-order valence-electron chi connectivity index (χ1n) is 5.80. The molecule has 0 atom stereocenters. The van der Waals surface area contributed by atoms with Crippen LogP contribution in [0.4, 0.5) is 5.69 Å². The molecule has 0 saturated carbocycles. The standard InChI is InChI=1S/C13H18N2OS/c1-13(2,5-6-14)9-3-4-11-10(7-9)15-12(16)8-17-11/h3-4,7H,5-6,8,14H2,1-2H3,(H,15,16). The van der Waals surface area contributed by atoms with E-state index in [0.717, 1.165) is 17.0 Å². The Kier molecular flexibility index (Phi) is 3.45.